The van der Waals surface area contributed by atoms with Gasteiger partial charge in [0, 0.05) is 58.9 Å². The SMILES string of the molecule is CCNC(=O)N1CCN(S(=O)(=O)N2CCNCC2)CC1. The third-order valence-electron chi connectivity index (χ3n) is 3.58. The van der Waals surface area contributed by atoms with E-state index in [1.807, 2.05) is 6.92 Å². The Kier molecular flexibility index (Phi) is 5.19. The number of hydrogen-bond donors (Lipinski definition) is 2. The highest BCUT2D eigenvalue weighted by Crippen LogP contribution is 2.13. The maximum Gasteiger partial charge on any atom is 0.317 e. The van der Waals surface area contributed by atoms with Crippen LogP contribution in [0, 0.1) is 0 Å². The number of nitrogens with one attached hydrogen (secondary N) is 2. The molecule has 2 amide bonds. The van der Waals surface area contributed by atoms with Crippen molar-refractivity contribution in [3.63, 3.8) is 0 Å². The fourth-order valence-electron chi connectivity index (χ4n) is 2.42. The average molecular weight is 305 g/mol. The largest absolute Gasteiger partial charge is 0.338 e. The molecule has 2 fully saturated rings. The Morgan fingerprint density at radius 3 is 2.15 bits per heavy atom. The van der Waals surface area contributed by atoms with E-state index >= 15 is 0 Å². The Bertz CT molecular complexity index is 427. The lowest BCUT2D eigenvalue weighted by Gasteiger charge is -2.37. The number of nitrogens with zero attached hydrogens (tertiary/aromatic N) is 3. The Morgan fingerprint density at radius 1 is 1.05 bits per heavy atom. The molecular formula is C11H23N5O3S. The molecule has 0 aromatic heterocycles. The molecular weight excluding hydrogens is 282 g/mol. The summed E-state index contributed by atoms with van der Waals surface area (Å²) in [5.74, 6) is 0. The van der Waals surface area contributed by atoms with E-state index in [0.29, 0.717) is 58.9 Å². The molecule has 9 heteroatoms. The molecule has 2 saturated heterocycles. The van der Waals surface area contributed by atoms with Crippen LogP contribution in [-0.2, 0) is 10.2 Å². The Labute approximate surface area is 120 Å². The van der Waals surface area contributed by atoms with Crippen molar-refractivity contribution in [2.24, 2.45) is 0 Å². The van der Waals surface area contributed by atoms with Gasteiger partial charge in [-0.1, -0.05) is 0 Å². The number of urea groups is 1. The van der Waals surface area contributed by atoms with Gasteiger partial charge in [-0.2, -0.15) is 17.0 Å². The minimum absolute atomic E-state index is 0.119. The first-order valence-corrected chi connectivity index (χ1v) is 8.44. The Morgan fingerprint density at radius 2 is 1.60 bits per heavy atom. The summed E-state index contributed by atoms with van der Waals surface area (Å²) in [6.45, 7) is 6.47. The molecule has 0 bridgehead atoms. The molecule has 2 aliphatic heterocycles. The van der Waals surface area contributed by atoms with Gasteiger partial charge in [-0.3, -0.25) is 0 Å². The van der Waals surface area contributed by atoms with Crippen LogP contribution >= 0.6 is 0 Å². The molecule has 0 unspecified atom stereocenters. The number of carbonyl (C=O) groups is 1. The molecule has 0 atom stereocenters. The topological polar surface area (TPSA) is 85.0 Å². The summed E-state index contributed by atoms with van der Waals surface area (Å²) in [6.07, 6.45) is 0. The second kappa shape index (κ2) is 6.70. The quantitative estimate of drug-likeness (QED) is 0.663. The van der Waals surface area contributed by atoms with Crippen molar-refractivity contribution < 1.29 is 13.2 Å². The summed E-state index contributed by atoms with van der Waals surface area (Å²) >= 11 is 0. The standard InChI is InChI=1S/C11H23N5O3S/c1-2-13-11(17)14-7-9-16(10-8-14)20(18,19)15-5-3-12-4-6-15/h12H,2-10H2,1H3,(H,13,17). The summed E-state index contributed by atoms with van der Waals surface area (Å²) in [5.41, 5.74) is 0. The summed E-state index contributed by atoms with van der Waals surface area (Å²) in [4.78, 5) is 13.3. The summed E-state index contributed by atoms with van der Waals surface area (Å²) in [6, 6.07) is -0.119. The van der Waals surface area contributed by atoms with Gasteiger partial charge in [0.25, 0.3) is 10.2 Å². The van der Waals surface area contributed by atoms with Gasteiger partial charge in [-0.15, -0.1) is 0 Å². The second-order valence-corrected chi connectivity index (χ2v) is 6.81. The predicted octanol–water partition coefficient (Wildman–Crippen LogP) is -1.52. The Balaban J connectivity index is 1.90. The summed E-state index contributed by atoms with van der Waals surface area (Å²) < 4.78 is 27.9. The molecule has 0 aromatic rings. The number of piperazine rings is 2. The van der Waals surface area contributed by atoms with E-state index < -0.39 is 10.2 Å². The van der Waals surface area contributed by atoms with E-state index in [4.69, 9.17) is 0 Å². The van der Waals surface area contributed by atoms with Gasteiger partial charge in [0.2, 0.25) is 0 Å². The molecule has 2 heterocycles. The number of amides is 2. The molecule has 0 aliphatic carbocycles. The van der Waals surface area contributed by atoms with Gasteiger partial charge in [-0.05, 0) is 6.92 Å². The van der Waals surface area contributed by atoms with Crippen molar-refractivity contribution >= 4 is 16.2 Å². The molecule has 2 N–H and O–H groups in total. The minimum Gasteiger partial charge on any atom is -0.338 e. The van der Waals surface area contributed by atoms with Gasteiger partial charge in [0.05, 0.1) is 0 Å². The van der Waals surface area contributed by atoms with Crippen LogP contribution in [-0.4, -0.2) is 86.9 Å². The van der Waals surface area contributed by atoms with Crippen LogP contribution in [0.4, 0.5) is 4.79 Å². The van der Waals surface area contributed by atoms with Gasteiger partial charge >= 0.3 is 6.03 Å². The van der Waals surface area contributed by atoms with E-state index in [-0.39, 0.29) is 6.03 Å². The van der Waals surface area contributed by atoms with Crippen molar-refractivity contribution in [3.05, 3.63) is 0 Å². The lowest BCUT2D eigenvalue weighted by atomic mass is 10.4. The molecule has 0 saturated carbocycles. The van der Waals surface area contributed by atoms with Crippen LogP contribution in [0.2, 0.25) is 0 Å². The minimum atomic E-state index is -3.38. The molecule has 0 spiro atoms. The van der Waals surface area contributed by atoms with E-state index in [1.165, 1.54) is 8.61 Å². The highest BCUT2D eigenvalue weighted by molar-refractivity contribution is 7.86. The first-order valence-electron chi connectivity index (χ1n) is 7.04. The van der Waals surface area contributed by atoms with E-state index in [2.05, 4.69) is 10.6 Å². The monoisotopic (exact) mass is 305 g/mol. The fourth-order valence-corrected chi connectivity index (χ4v) is 4.02. The van der Waals surface area contributed by atoms with Gasteiger partial charge < -0.3 is 15.5 Å². The van der Waals surface area contributed by atoms with Gasteiger partial charge in [0.15, 0.2) is 0 Å². The third-order valence-corrected chi connectivity index (χ3v) is 5.62. The first-order chi connectivity index (χ1) is 9.55. The van der Waals surface area contributed by atoms with Crippen LogP contribution < -0.4 is 10.6 Å². The number of rotatable bonds is 3. The molecule has 116 valence electrons. The zero-order valence-corrected chi connectivity index (χ0v) is 12.7. The summed E-state index contributed by atoms with van der Waals surface area (Å²) in [7, 11) is -3.38. The number of carbonyl (C=O) groups excluding carboxylic acids is 1. The molecule has 20 heavy (non-hydrogen) atoms. The molecule has 0 radical (unpaired) electrons. The highest BCUT2D eigenvalue weighted by atomic mass is 32.2. The normalized spacial score (nSPS) is 22.8. The average Bonchev–Trinajstić information content (AvgIpc) is 2.48. The molecule has 2 rings (SSSR count). The molecule has 0 aromatic carbocycles. The highest BCUT2D eigenvalue weighted by Gasteiger charge is 2.33. The van der Waals surface area contributed by atoms with Crippen LogP contribution in [0.3, 0.4) is 0 Å². The third kappa shape index (κ3) is 3.40. The van der Waals surface area contributed by atoms with Crippen molar-refractivity contribution in [2.45, 2.75) is 6.92 Å². The Hall–Kier alpha value is -0.900. The van der Waals surface area contributed by atoms with E-state index in [0.717, 1.165) is 0 Å². The van der Waals surface area contributed by atoms with Crippen LogP contribution in [0.1, 0.15) is 6.92 Å². The van der Waals surface area contributed by atoms with Gasteiger partial charge in [0.1, 0.15) is 0 Å². The zero-order chi connectivity index (χ0) is 14.6. The maximum atomic E-state index is 12.4. The summed E-state index contributed by atoms with van der Waals surface area (Å²) in [5, 5.41) is 5.87. The second-order valence-electron chi connectivity index (χ2n) is 4.88. The predicted molar refractivity (Wildman–Crippen MR) is 75.6 cm³/mol. The smallest absolute Gasteiger partial charge is 0.317 e. The molecule has 2 aliphatic rings. The van der Waals surface area contributed by atoms with E-state index in [9.17, 15) is 13.2 Å². The van der Waals surface area contributed by atoms with Crippen LogP contribution in [0.25, 0.3) is 0 Å². The maximum absolute atomic E-state index is 12.4. The molecule has 8 nitrogen and oxygen atoms in total. The van der Waals surface area contributed by atoms with Crippen LogP contribution in [0.15, 0.2) is 0 Å². The van der Waals surface area contributed by atoms with Crippen molar-refractivity contribution in [1.29, 1.82) is 0 Å². The van der Waals surface area contributed by atoms with Crippen molar-refractivity contribution in [2.75, 3.05) is 58.9 Å². The van der Waals surface area contributed by atoms with E-state index in [1.54, 1.807) is 4.90 Å². The lowest BCUT2D eigenvalue weighted by molar-refractivity contribution is 0.169. The fraction of sp³-hybridized carbons (Fsp3) is 0.909. The first kappa shape index (κ1) is 15.5. The van der Waals surface area contributed by atoms with Crippen molar-refractivity contribution in [3.8, 4) is 0 Å². The number of hydrogen-bond acceptors (Lipinski definition) is 4. The zero-order valence-electron chi connectivity index (χ0n) is 11.8. The lowest BCUT2D eigenvalue weighted by Crippen LogP contribution is -2.58. The van der Waals surface area contributed by atoms with Crippen molar-refractivity contribution in [1.82, 2.24) is 24.1 Å². The van der Waals surface area contributed by atoms with Gasteiger partial charge in [-0.25, -0.2) is 4.79 Å². The van der Waals surface area contributed by atoms with Crippen LogP contribution in [0.5, 0.6) is 0 Å².